The lowest BCUT2D eigenvalue weighted by Crippen LogP contribution is -2.35. The normalized spacial score (nSPS) is 19.4. The minimum atomic E-state index is 0.129. The van der Waals surface area contributed by atoms with Crippen LogP contribution >= 0.6 is 0 Å². The lowest BCUT2D eigenvalue weighted by Gasteiger charge is -2.21. The topological polar surface area (TPSA) is 38.3 Å². The lowest BCUT2D eigenvalue weighted by molar-refractivity contribution is -0.122. The van der Waals surface area contributed by atoms with Gasteiger partial charge in [0.2, 0.25) is 5.91 Å². The van der Waals surface area contributed by atoms with Gasteiger partial charge in [-0.05, 0) is 19.3 Å². The third-order valence-electron chi connectivity index (χ3n) is 3.33. The van der Waals surface area contributed by atoms with Gasteiger partial charge in [0.25, 0.3) is 0 Å². The third-order valence-corrected chi connectivity index (χ3v) is 3.33. The predicted molar refractivity (Wildman–Crippen MR) is 65.3 cm³/mol. The van der Waals surface area contributed by atoms with E-state index < -0.39 is 0 Å². The molecule has 1 atom stereocenters. The van der Waals surface area contributed by atoms with Crippen LogP contribution in [-0.4, -0.2) is 25.7 Å². The molecule has 1 saturated carbocycles. The van der Waals surface area contributed by atoms with Crippen LogP contribution in [0, 0.1) is 5.92 Å². The van der Waals surface area contributed by atoms with Crippen LogP contribution in [0.1, 0.15) is 51.9 Å². The van der Waals surface area contributed by atoms with Crippen molar-refractivity contribution in [1.82, 2.24) is 5.32 Å². The van der Waals surface area contributed by atoms with Crippen LogP contribution in [0.4, 0.5) is 0 Å². The SMILES string of the molecule is COC[C@@H](C)NC(=O)CCC1CCCCC1. The Hall–Kier alpha value is -0.570. The number of ether oxygens (including phenoxy) is 1. The molecule has 1 rings (SSSR count). The van der Waals surface area contributed by atoms with Crippen molar-refractivity contribution >= 4 is 5.91 Å². The van der Waals surface area contributed by atoms with Crippen molar-refractivity contribution in [2.75, 3.05) is 13.7 Å². The number of hydrogen-bond donors (Lipinski definition) is 1. The molecule has 1 N–H and O–H groups in total. The van der Waals surface area contributed by atoms with Crippen molar-refractivity contribution in [3.63, 3.8) is 0 Å². The molecule has 1 fully saturated rings. The van der Waals surface area contributed by atoms with Gasteiger partial charge in [-0.1, -0.05) is 32.1 Å². The highest BCUT2D eigenvalue weighted by atomic mass is 16.5. The van der Waals surface area contributed by atoms with Gasteiger partial charge < -0.3 is 10.1 Å². The van der Waals surface area contributed by atoms with Crippen molar-refractivity contribution in [2.24, 2.45) is 5.92 Å². The Kier molecular flexibility index (Phi) is 6.46. The summed E-state index contributed by atoms with van der Waals surface area (Å²) in [6.45, 7) is 2.57. The highest BCUT2D eigenvalue weighted by Crippen LogP contribution is 2.27. The van der Waals surface area contributed by atoms with Crippen LogP contribution in [0.3, 0.4) is 0 Å². The summed E-state index contributed by atoms with van der Waals surface area (Å²) in [5.41, 5.74) is 0. The molecule has 0 aromatic carbocycles. The first kappa shape index (κ1) is 13.5. The van der Waals surface area contributed by atoms with Crippen LogP contribution < -0.4 is 5.32 Å². The maximum absolute atomic E-state index is 11.6. The molecule has 94 valence electrons. The first-order valence-electron chi connectivity index (χ1n) is 6.50. The number of nitrogens with one attached hydrogen (secondary N) is 1. The first-order valence-corrected chi connectivity index (χ1v) is 6.50. The van der Waals surface area contributed by atoms with Gasteiger partial charge in [-0.15, -0.1) is 0 Å². The Morgan fingerprint density at radius 1 is 1.38 bits per heavy atom. The number of carbonyl (C=O) groups excluding carboxylic acids is 1. The molecule has 0 radical (unpaired) electrons. The minimum absolute atomic E-state index is 0.129. The van der Waals surface area contributed by atoms with Crippen molar-refractivity contribution in [3.8, 4) is 0 Å². The van der Waals surface area contributed by atoms with E-state index in [0.29, 0.717) is 13.0 Å². The molecular formula is C13H25NO2. The van der Waals surface area contributed by atoms with Crippen LogP contribution in [0.25, 0.3) is 0 Å². The Balaban J connectivity index is 2.09. The monoisotopic (exact) mass is 227 g/mol. The molecule has 1 aliphatic rings. The van der Waals surface area contributed by atoms with Crippen molar-refractivity contribution in [1.29, 1.82) is 0 Å². The van der Waals surface area contributed by atoms with E-state index in [1.54, 1.807) is 7.11 Å². The second-order valence-corrected chi connectivity index (χ2v) is 4.97. The average Bonchev–Trinajstić information content (AvgIpc) is 2.28. The van der Waals surface area contributed by atoms with Gasteiger partial charge in [-0.2, -0.15) is 0 Å². The van der Waals surface area contributed by atoms with Gasteiger partial charge in [0, 0.05) is 19.6 Å². The quantitative estimate of drug-likeness (QED) is 0.757. The van der Waals surface area contributed by atoms with E-state index in [4.69, 9.17) is 4.74 Å². The summed E-state index contributed by atoms with van der Waals surface area (Å²) in [5.74, 6) is 0.965. The van der Waals surface area contributed by atoms with Crippen molar-refractivity contribution < 1.29 is 9.53 Å². The zero-order valence-electron chi connectivity index (χ0n) is 10.6. The van der Waals surface area contributed by atoms with Crippen LogP contribution in [0.5, 0.6) is 0 Å². The fraction of sp³-hybridized carbons (Fsp3) is 0.923. The van der Waals surface area contributed by atoms with E-state index in [9.17, 15) is 4.79 Å². The molecule has 0 spiro atoms. The first-order chi connectivity index (χ1) is 7.72. The van der Waals surface area contributed by atoms with E-state index in [-0.39, 0.29) is 11.9 Å². The number of carbonyl (C=O) groups is 1. The van der Waals surface area contributed by atoms with Gasteiger partial charge in [0.1, 0.15) is 0 Å². The Morgan fingerprint density at radius 3 is 2.69 bits per heavy atom. The van der Waals surface area contributed by atoms with E-state index >= 15 is 0 Å². The third kappa shape index (κ3) is 5.50. The molecule has 0 saturated heterocycles. The number of hydrogen-bond acceptors (Lipinski definition) is 2. The van der Waals surface area contributed by atoms with Gasteiger partial charge in [-0.3, -0.25) is 4.79 Å². The molecule has 3 nitrogen and oxygen atoms in total. The second-order valence-electron chi connectivity index (χ2n) is 4.97. The number of rotatable bonds is 6. The summed E-state index contributed by atoms with van der Waals surface area (Å²) in [6, 6.07) is 0.129. The molecule has 1 aliphatic carbocycles. The second kappa shape index (κ2) is 7.66. The summed E-state index contributed by atoms with van der Waals surface area (Å²) in [7, 11) is 1.66. The smallest absolute Gasteiger partial charge is 0.220 e. The number of amides is 1. The molecular weight excluding hydrogens is 202 g/mol. The highest BCUT2D eigenvalue weighted by molar-refractivity contribution is 5.76. The van der Waals surface area contributed by atoms with Crippen molar-refractivity contribution in [2.45, 2.75) is 57.9 Å². The Bertz CT molecular complexity index is 200. The standard InChI is InChI=1S/C13H25NO2/c1-11(10-16-2)14-13(15)9-8-12-6-4-3-5-7-12/h11-12H,3-10H2,1-2H3,(H,14,15)/t11-/m1/s1. The van der Waals surface area contributed by atoms with Gasteiger partial charge in [0.15, 0.2) is 0 Å². The maximum Gasteiger partial charge on any atom is 0.220 e. The predicted octanol–water partition coefficient (Wildman–Crippen LogP) is 2.50. The van der Waals surface area contributed by atoms with E-state index in [2.05, 4.69) is 5.32 Å². The van der Waals surface area contributed by atoms with Crippen LogP contribution in [0.2, 0.25) is 0 Å². The fourth-order valence-electron chi connectivity index (χ4n) is 2.45. The van der Waals surface area contributed by atoms with Gasteiger partial charge >= 0.3 is 0 Å². The molecule has 1 amide bonds. The van der Waals surface area contributed by atoms with Gasteiger partial charge in [0.05, 0.1) is 6.61 Å². The number of methoxy groups -OCH3 is 1. The largest absolute Gasteiger partial charge is 0.383 e. The summed E-state index contributed by atoms with van der Waals surface area (Å²) >= 11 is 0. The van der Waals surface area contributed by atoms with E-state index in [1.165, 1.54) is 32.1 Å². The van der Waals surface area contributed by atoms with Crippen LogP contribution in [0.15, 0.2) is 0 Å². The Morgan fingerprint density at radius 2 is 2.06 bits per heavy atom. The molecule has 0 aromatic heterocycles. The Labute approximate surface area is 98.9 Å². The minimum Gasteiger partial charge on any atom is -0.383 e. The molecule has 3 heteroatoms. The summed E-state index contributed by atoms with van der Waals surface area (Å²) in [6.07, 6.45) is 8.47. The highest BCUT2D eigenvalue weighted by Gasteiger charge is 2.15. The molecule has 0 heterocycles. The summed E-state index contributed by atoms with van der Waals surface area (Å²) in [5, 5.41) is 2.96. The molecule has 16 heavy (non-hydrogen) atoms. The lowest BCUT2D eigenvalue weighted by atomic mass is 9.86. The zero-order valence-corrected chi connectivity index (χ0v) is 10.6. The van der Waals surface area contributed by atoms with Gasteiger partial charge in [-0.25, -0.2) is 0 Å². The summed E-state index contributed by atoms with van der Waals surface area (Å²) in [4.78, 5) is 11.6. The molecule has 0 aliphatic heterocycles. The van der Waals surface area contributed by atoms with E-state index in [0.717, 1.165) is 12.3 Å². The molecule has 0 bridgehead atoms. The zero-order chi connectivity index (χ0) is 11.8. The van der Waals surface area contributed by atoms with Crippen molar-refractivity contribution in [3.05, 3.63) is 0 Å². The van der Waals surface area contributed by atoms with Crippen LogP contribution in [-0.2, 0) is 9.53 Å². The fourth-order valence-corrected chi connectivity index (χ4v) is 2.45. The summed E-state index contributed by atoms with van der Waals surface area (Å²) < 4.78 is 4.98. The molecule has 0 aromatic rings. The molecule has 0 unspecified atom stereocenters. The van der Waals surface area contributed by atoms with E-state index in [1.807, 2.05) is 6.92 Å². The average molecular weight is 227 g/mol. The maximum atomic E-state index is 11.6.